The lowest BCUT2D eigenvalue weighted by molar-refractivity contribution is 0.588. The fourth-order valence-corrected chi connectivity index (χ4v) is 2.46. The van der Waals surface area contributed by atoms with E-state index in [9.17, 15) is 4.39 Å². The van der Waals surface area contributed by atoms with Gasteiger partial charge in [0.15, 0.2) is 10.2 Å². The summed E-state index contributed by atoms with van der Waals surface area (Å²) in [5.74, 6) is -0.419. The molecule has 0 aliphatic rings. The summed E-state index contributed by atoms with van der Waals surface area (Å²) in [6, 6.07) is 1.24. The molecule has 0 N–H and O–H groups in total. The number of aromatic nitrogens is 2. The molecule has 2 heterocycles. The highest BCUT2D eigenvalue weighted by molar-refractivity contribution is 8.01. The van der Waals surface area contributed by atoms with Crippen LogP contribution in [0.2, 0.25) is 5.02 Å². The second kappa shape index (κ2) is 4.25. The average molecular weight is 247 g/mol. The zero-order valence-corrected chi connectivity index (χ0v) is 9.17. The van der Waals surface area contributed by atoms with Crippen molar-refractivity contribution < 1.29 is 4.39 Å². The largest absolute Gasteiger partial charge is 0.245 e. The van der Waals surface area contributed by atoms with Crippen molar-refractivity contribution in [3.63, 3.8) is 0 Å². The Morgan fingerprint density at radius 2 is 2.29 bits per heavy atom. The van der Waals surface area contributed by atoms with Crippen molar-refractivity contribution in [3.8, 4) is 0 Å². The van der Waals surface area contributed by atoms with Crippen LogP contribution in [0.25, 0.3) is 0 Å². The highest BCUT2D eigenvalue weighted by Gasteiger charge is 2.07. The molecule has 0 unspecified atom stereocenters. The van der Waals surface area contributed by atoms with Gasteiger partial charge in [-0.25, -0.2) is 14.4 Å². The van der Waals surface area contributed by atoms with Crippen molar-refractivity contribution in [3.05, 3.63) is 34.7 Å². The van der Waals surface area contributed by atoms with E-state index >= 15 is 0 Å². The minimum atomic E-state index is -0.419. The number of pyridine rings is 1. The van der Waals surface area contributed by atoms with Crippen molar-refractivity contribution in [1.82, 2.24) is 9.97 Å². The SMILES string of the molecule is Fc1cc(Cl)cnc1Sc1nccs1. The highest BCUT2D eigenvalue weighted by Crippen LogP contribution is 2.30. The minimum Gasteiger partial charge on any atom is -0.245 e. The molecule has 2 aromatic heterocycles. The molecule has 0 saturated heterocycles. The molecule has 0 amide bonds. The topological polar surface area (TPSA) is 25.8 Å². The van der Waals surface area contributed by atoms with Gasteiger partial charge in [-0.3, -0.25) is 0 Å². The third kappa shape index (κ3) is 2.23. The van der Waals surface area contributed by atoms with Crippen molar-refractivity contribution >= 4 is 34.7 Å². The predicted molar refractivity (Wildman–Crippen MR) is 55.4 cm³/mol. The zero-order valence-electron chi connectivity index (χ0n) is 6.78. The van der Waals surface area contributed by atoms with E-state index in [1.807, 2.05) is 5.38 Å². The standard InChI is InChI=1S/C8H4ClFN2S2/c9-5-3-6(10)7(12-4-5)14-8-11-1-2-13-8/h1-4H. The Morgan fingerprint density at radius 3 is 2.93 bits per heavy atom. The molecule has 0 aromatic carbocycles. The normalized spacial score (nSPS) is 10.4. The minimum absolute atomic E-state index is 0.296. The fourth-order valence-electron chi connectivity index (χ4n) is 0.821. The first kappa shape index (κ1) is 9.89. The van der Waals surface area contributed by atoms with E-state index in [1.54, 1.807) is 6.20 Å². The number of hydrogen-bond acceptors (Lipinski definition) is 4. The smallest absolute Gasteiger partial charge is 0.157 e. The third-order valence-corrected chi connectivity index (χ3v) is 3.45. The lowest BCUT2D eigenvalue weighted by atomic mass is 10.5. The molecule has 6 heteroatoms. The van der Waals surface area contributed by atoms with E-state index in [2.05, 4.69) is 9.97 Å². The maximum absolute atomic E-state index is 13.3. The first-order valence-electron chi connectivity index (χ1n) is 3.64. The van der Waals surface area contributed by atoms with Crippen LogP contribution < -0.4 is 0 Å². The summed E-state index contributed by atoms with van der Waals surface area (Å²) in [7, 11) is 0. The van der Waals surface area contributed by atoms with Gasteiger partial charge in [-0.15, -0.1) is 11.3 Å². The molecule has 0 aliphatic carbocycles. The number of halogens is 2. The van der Waals surface area contributed by atoms with Gasteiger partial charge in [0.25, 0.3) is 0 Å². The van der Waals surface area contributed by atoms with Crippen LogP contribution in [0.5, 0.6) is 0 Å². The summed E-state index contributed by atoms with van der Waals surface area (Å²) < 4.78 is 14.0. The van der Waals surface area contributed by atoms with Crippen LogP contribution in [-0.4, -0.2) is 9.97 Å². The predicted octanol–water partition coefficient (Wildman–Crippen LogP) is 3.48. The first-order valence-corrected chi connectivity index (χ1v) is 5.71. The molecule has 0 aliphatic heterocycles. The van der Waals surface area contributed by atoms with Crippen molar-refractivity contribution in [2.75, 3.05) is 0 Å². The lowest BCUT2D eigenvalue weighted by Crippen LogP contribution is -1.85. The molecule has 0 atom stereocenters. The molecule has 0 radical (unpaired) electrons. The molecule has 2 nitrogen and oxygen atoms in total. The Balaban J connectivity index is 2.25. The number of thiazole rings is 1. The lowest BCUT2D eigenvalue weighted by Gasteiger charge is -1.98. The monoisotopic (exact) mass is 246 g/mol. The van der Waals surface area contributed by atoms with Crippen LogP contribution in [0, 0.1) is 5.82 Å². The van der Waals surface area contributed by atoms with Gasteiger partial charge < -0.3 is 0 Å². The Morgan fingerprint density at radius 1 is 1.43 bits per heavy atom. The molecule has 0 bridgehead atoms. The third-order valence-electron chi connectivity index (χ3n) is 1.37. The zero-order chi connectivity index (χ0) is 9.97. The van der Waals surface area contributed by atoms with Gasteiger partial charge in [0.2, 0.25) is 0 Å². The molecular weight excluding hydrogens is 243 g/mol. The van der Waals surface area contributed by atoms with Gasteiger partial charge in [0.1, 0.15) is 5.03 Å². The summed E-state index contributed by atoms with van der Waals surface area (Å²) in [5, 5.41) is 2.42. The van der Waals surface area contributed by atoms with E-state index in [0.717, 1.165) is 4.34 Å². The van der Waals surface area contributed by atoms with Crippen molar-refractivity contribution in [2.24, 2.45) is 0 Å². The highest BCUT2D eigenvalue weighted by atomic mass is 35.5. The van der Waals surface area contributed by atoms with E-state index < -0.39 is 5.82 Å². The molecule has 2 aromatic rings. The summed E-state index contributed by atoms with van der Waals surface area (Å²) in [4.78, 5) is 7.89. The number of hydrogen-bond donors (Lipinski definition) is 0. The van der Waals surface area contributed by atoms with Gasteiger partial charge in [0.05, 0.1) is 5.02 Å². The molecule has 14 heavy (non-hydrogen) atoms. The van der Waals surface area contributed by atoms with Gasteiger partial charge in [-0.2, -0.15) is 0 Å². The van der Waals surface area contributed by atoms with E-state index in [4.69, 9.17) is 11.6 Å². The Hall–Kier alpha value is -0.650. The van der Waals surface area contributed by atoms with Crippen molar-refractivity contribution in [1.29, 1.82) is 0 Å². The van der Waals surface area contributed by atoms with E-state index in [-0.39, 0.29) is 0 Å². The second-order valence-electron chi connectivity index (χ2n) is 2.34. The molecule has 0 saturated carbocycles. The fraction of sp³-hybridized carbons (Fsp3) is 0. The Labute approximate surface area is 93.2 Å². The van der Waals surface area contributed by atoms with Gasteiger partial charge in [-0.05, 0) is 17.8 Å². The van der Waals surface area contributed by atoms with Crippen LogP contribution in [0.1, 0.15) is 0 Å². The second-order valence-corrected chi connectivity index (χ2v) is 4.91. The van der Waals surface area contributed by atoms with Crippen LogP contribution in [0.15, 0.2) is 33.2 Å². The molecule has 2 rings (SSSR count). The van der Waals surface area contributed by atoms with E-state index in [0.29, 0.717) is 10.0 Å². The molecule has 0 spiro atoms. The number of nitrogens with zero attached hydrogens (tertiary/aromatic N) is 2. The maximum Gasteiger partial charge on any atom is 0.157 e. The maximum atomic E-state index is 13.3. The summed E-state index contributed by atoms with van der Waals surface area (Å²) in [6.45, 7) is 0. The van der Waals surface area contributed by atoms with E-state index in [1.165, 1.54) is 35.4 Å². The summed E-state index contributed by atoms with van der Waals surface area (Å²) >= 11 is 8.21. The van der Waals surface area contributed by atoms with Crippen LogP contribution in [0.4, 0.5) is 4.39 Å². The molecular formula is C8H4ClFN2S2. The van der Waals surface area contributed by atoms with Crippen LogP contribution in [-0.2, 0) is 0 Å². The van der Waals surface area contributed by atoms with Gasteiger partial charge in [-0.1, -0.05) is 11.6 Å². The average Bonchev–Trinajstić information content (AvgIpc) is 2.62. The quantitative estimate of drug-likeness (QED) is 0.811. The summed E-state index contributed by atoms with van der Waals surface area (Å²) in [5.41, 5.74) is 0. The van der Waals surface area contributed by atoms with Crippen LogP contribution >= 0.6 is 34.7 Å². The molecule has 0 fully saturated rings. The Kier molecular flexibility index (Phi) is 3.00. The summed E-state index contributed by atoms with van der Waals surface area (Å²) in [6.07, 6.45) is 3.08. The van der Waals surface area contributed by atoms with Gasteiger partial charge >= 0.3 is 0 Å². The Bertz CT molecular complexity index is 433. The van der Waals surface area contributed by atoms with Crippen molar-refractivity contribution in [2.45, 2.75) is 9.37 Å². The number of rotatable bonds is 2. The van der Waals surface area contributed by atoms with Crippen LogP contribution in [0.3, 0.4) is 0 Å². The first-order chi connectivity index (χ1) is 6.75. The molecule has 72 valence electrons. The van der Waals surface area contributed by atoms with Gasteiger partial charge in [0, 0.05) is 17.8 Å².